The summed E-state index contributed by atoms with van der Waals surface area (Å²) in [6, 6.07) is 0. The van der Waals surface area contributed by atoms with Crippen molar-refractivity contribution in [3.63, 3.8) is 0 Å². The summed E-state index contributed by atoms with van der Waals surface area (Å²) >= 11 is 0. The van der Waals surface area contributed by atoms with E-state index in [4.69, 9.17) is 14.6 Å². The number of carbonyl (C=O) groups excluding carboxylic acids is 1. The zero-order valence-electron chi connectivity index (χ0n) is 13.1. The molecule has 0 aromatic heterocycles. The Bertz CT molecular complexity index is 416. The van der Waals surface area contributed by atoms with E-state index in [9.17, 15) is 4.79 Å². The van der Waals surface area contributed by atoms with Crippen LogP contribution in [0, 0.1) is 23.2 Å². The molecule has 4 aliphatic rings. The van der Waals surface area contributed by atoms with Crippen LogP contribution in [0.2, 0.25) is 0 Å². The molecule has 1 N–H and O–H groups in total. The highest BCUT2D eigenvalue weighted by atomic mass is 16.5. The van der Waals surface area contributed by atoms with Crippen molar-refractivity contribution >= 4 is 5.97 Å². The van der Waals surface area contributed by atoms with Crippen molar-refractivity contribution in [3.05, 3.63) is 11.3 Å². The van der Waals surface area contributed by atoms with Gasteiger partial charge in [-0.15, -0.1) is 0 Å². The Hall–Kier alpha value is -1.03. The van der Waals surface area contributed by atoms with Crippen LogP contribution in [-0.4, -0.2) is 31.4 Å². The highest BCUT2D eigenvalue weighted by Crippen LogP contribution is 2.63. The van der Waals surface area contributed by atoms with Crippen molar-refractivity contribution in [3.8, 4) is 0 Å². The maximum Gasteiger partial charge on any atom is 0.336 e. The molecule has 0 amide bonds. The molecule has 4 nitrogen and oxygen atoms in total. The standard InChI is InChI=1S/C17H26O4/c1-11(16(19)20-2)15(21-4-3-18)17-8-12-5-13(9-17)7-14(6-12)10-17/h12-14,18H,3-10H2,1-2H3. The van der Waals surface area contributed by atoms with Crippen LogP contribution in [0.25, 0.3) is 0 Å². The Morgan fingerprint density at radius 1 is 1.14 bits per heavy atom. The topological polar surface area (TPSA) is 55.8 Å². The quantitative estimate of drug-likeness (QED) is 0.481. The summed E-state index contributed by atoms with van der Waals surface area (Å²) in [5.41, 5.74) is 0.607. The third-order valence-corrected chi connectivity index (χ3v) is 5.69. The van der Waals surface area contributed by atoms with Crippen molar-refractivity contribution in [2.24, 2.45) is 23.2 Å². The normalized spacial score (nSPS) is 38.1. The number of hydrogen-bond acceptors (Lipinski definition) is 4. The molecular formula is C17H26O4. The first-order chi connectivity index (χ1) is 10.1. The summed E-state index contributed by atoms with van der Waals surface area (Å²) in [4.78, 5) is 12.0. The van der Waals surface area contributed by atoms with Crippen LogP contribution < -0.4 is 0 Å². The van der Waals surface area contributed by atoms with E-state index in [-0.39, 0.29) is 24.6 Å². The highest BCUT2D eigenvalue weighted by Gasteiger charge is 2.54. The van der Waals surface area contributed by atoms with Gasteiger partial charge in [-0.1, -0.05) is 0 Å². The van der Waals surface area contributed by atoms with Gasteiger partial charge in [0, 0.05) is 5.41 Å². The van der Waals surface area contributed by atoms with Crippen LogP contribution in [0.15, 0.2) is 11.3 Å². The van der Waals surface area contributed by atoms with E-state index >= 15 is 0 Å². The van der Waals surface area contributed by atoms with Gasteiger partial charge in [0.05, 0.1) is 19.3 Å². The van der Waals surface area contributed by atoms with Crippen LogP contribution in [0.3, 0.4) is 0 Å². The summed E-state index contributed by atoms with van der Waals surface area (Å²) in [6.07, 6.45) is 7.45. The fraction of sp³-hybridized carbons (Fsp3) is 0.824. The molecule has 4 saturated carbocycles. The van der Waals surface area contributed by atoms with E-state index in [0.717, 1.165) is 42.8 Å². The Labute approximate surface area is 126 Å². The van der Waals surface area contributed by atoms with Crippen molar-refractivity contribution in [2.75, 3.05) is 20.3 Å². The van der Waals surface area contributed by atoms with Crippen LogP contribution in [0.4, 0.5) is 0 Å². The molecule has 0 aliphatic heterocycles. The molecule has 0 aromatic rings. The Morgan fingerprint density at radius 2 is 1.67 bits per heavy atom. The second-order valence-corrected chi connectivity index (χ2v) is 7.22. The largest absolute Gasteiger partial charge is 0.494 e. The van der Waals surface area contributed by atoms with E-state index in [2.05, 4.69) is 0 Å². The van der Waals surface area contributed by atoms with E-state index < -0.39 is 0 Å². The second kappa shape index (κ2) is 5.64. The predicted molar refractivity (Wildman–Crippen MR) is 78.4 cm³/mol. The average molecular weight is 294 g/mol. The molecule has 4 heteroatoms. The van der Waals surface area contributed by atoms with Gasteiger partial charge in [0.25, 0.3) is 0 Å². The van der Waals surface area contributed by atoms with Crippen molar-refractivity contribution < 1.29 is 19.4 Å². The molecular weight excluding hydrogens is 268 g/mol. The van der Waals surface area contributed by atoms with Gasteiger partial charge in [0.2, 0.25) is 0 Å². The summed E-state index contributed by atoms with van der Waals surface area (Å²) in [6.45, 7) is 2.03. The van der Waals surface area contributed by atoms with E-state index in [0.29, 0.717) is 5.57 Å². The number of aliphatic hydroxyl groups excluding tert-OH is 1. The number of esters is 1. The third kappa shape index (κ3) is 2.59. The summed E-state index contributed by atoms with van der Waals surface area (Å²) in [5.74, 6) is 2.86. The van der Waals surface area contributed by atoms with E-state index in [1.54, 1.807) is 6.92 Å². The summed E-state index contributed by atoms with van der Waals surface area (Å²) in [7, 11) is 1.41. The minimum Gasteiger partial charge on any atom is -0.494 e. The molecule has 0 radical (unpaired) electrons. The predicted octanol–water partition coefficient (Wildman–Crippen LogP) is 2.66. The van der Waals surface area contributed by atoms with Gasteiger partial charge in [-0.05, 0) is 63.2 Å². The number of aliphatic hydroxyl groups is 1. The molecule has 4 aliphatic carbocycles. The third-order valence-electron chi connectivity index (χ3n) is 5.69. The first-order valence-corrected chi connectivity index (χ1v) is 8.11. The Kier molecular flexibility index (Phi) is 4.00. The highest BCUT2D eigenvalue weighted by molar-refractivity contribution is 5.88. The first-order valence-electron chi connectivity index (χ1n) is 8.11. The summed E-state index contributed by atoms with van der Waals surface area (Å²) in [5, 5.41) is 9.11. The van der Waals surface area contributed by atoms with Crippen LogP contribution in [0.5, 0.6) is 0 Å². The lowest BCUT2D eigenvalue weighted by atomic mass is 9.49. The maximum absolute atomic E-state index is 12.0. The Balaban J connectivity index is 1.94. The molecule has 118 valence electrons. The number of methoxy groups -OCH3 is 1. The SMILES string of the molecule is COC(=O)C(C)=C(OCCO)C12CC3CC(CC(C3)C1)C2. The lowest BCUT2D eigenvalue weighted by molar-refractivity contribution is -0.137. The van der Waals surface area contributed by atoms with E-state index in [1.165, 1.54) is 26.4 Å². The van der Waals surface area contributed by atoms with E-state index in [1.807, 2.05) is 0 Å². The number of allylic oxidation sites excluding steroid dienone is 1. The molecule has 4 fully saturated rings. The van der Waals surface area contributed by atoms with Crippen LogP contribution in [0.1, 0.15) is 45.4 Å². The van der Waals surface area contributed by atoms with Crippen molar-refractivity contribution in [2.45, 2.75) is 45.4 Å². The van der Waals surface area contributed by atoms with Crippen molar-refractivity contribution in [1.29, 1.82) is 0 Å². The average Bonchev–Trinajstić information content (AvgIpc) is 2.44. The fourth-order valence-electron chi connectivity index (χ4n) is 5.44. The number of ether oxygens (including phenoxy) is 2. The molecule has 0 heterocycles. The molecule has 4 bridgehead atoms. The Morgan fingerprint density at radius 3 is 2.10 bits per heavy atom. The lowest BCUT2D eigenvalue weighted by Crippen LogP contribution is -2.48. The van der Waals surface area contributed by atoms with Gasteiger partial charge in [0.1, 0.15) is 12.4 Å². The molecule has 0 atom stereocenters. The number of rotatable bonds is 5. The van der Waals surface area contributed by atoms with Crippen LogP contribution >= 0.6 is 0 Å². The molecule has 0 unspecified atom stereocenters. The maximum atomic E-state index is 12.0. The molecule has 4 rings (SSSR count). The lowest BCUT2D eigenvalue weighted by Gasteiger charge is -2.57. The van der Waals surface area contributed by atoms with Crippen molar-refractivity contribution in [1.82, 2.24) is 0 Å². The minimum absolute atomic E-state index is 0.0161. The number of hydrogen-bond donors (Lipinski definition) is 1. The molecule has 0 saturated heterocycles. The van der Waals surface area contributed by atoms with Gasteiger partial charge in [-0.25, -0.2) is 4.79 Å². The zero-order valence-corrected chi connectivity index (χ0v) is 13.1. The first kappa shape index (κ1) is 14.9. The van der Waals surface area contributed by atoms with Gasteiger partial charge < -0.3 is 14.6 Å². The van der Waals surface area contributed by atoms with Gasteiger partial charge >= 0.3 is 5.97 Å². The summed E-state index contributed by atoms with van der Waals surface area (Å²) < 4.78 is 10.8. The fourth-order valence-corrected chi connectivity index (χ4v) is 5.44. The zero-order chi connectivity index (χ0) is 15.0. The molecule has 0 spiro atoms. The van der Waals surface area contributed by atoms with Crippen LogP contribution in [-0.2, 0) is 14.3 Å². The molecule has 0 aromatic carbocycles. The molecule has 21 heavy (non-hydrogen) atoms. The van der Waals surface area contributed by atoms with Gasteiger partial charge in [0.15, 0.2) is 0 Å². The minimum atomic E-state index is -0.307. The monoisotopic (exact) mass is 294 g/mol. The number of carbonyl (C=O) groups is 1. The van der Waals surface area contributed by atoms with Gasteiger partial charge in [-0.3, -0.25) is 0 Å². The second-order valence-electron chi connectivity index (χ2n) is 7.22. The van der Waals surface area contributed by atoms with Gasteiger partial charge in [-0.2, -0.15) is 0 Å². The smallest absolute Gasteiger partial charge is 0.336 e.